The molecule has 0 radical (unpaired) electrons. The van der Waals surface area contributed by atoms with Gasteiger partial charge < -0.3 is 10.2 Å². The van der Waals surface area contributed by atoms with Gasteiger partial charge in [-0.05, 0) is 33.2 Å². The summed E-state index contributed by atoms with van der Waals surface area (Å²) in [6.45, 7) is 6.94. The zero-order chi connectivity index (χ0) is 11.8. The quantitative estimate of drug-likeness (QED) is 0.684. The van der Waals surface area contributed by atoms with Crippen LogP contribution in [0.5, 0.6) is 0 Å². The largest absolute Gasteiger partial charge is 0.313 e. The molecule has 1 saturated carbocycles. The van der Waals surface area contributed by atoms with E-state index in [1.54, 1.807) is 0 Å². The van der Waals surface area contributed by atoms with Gasteiger partial charge in [0.15, 0.2) is 0 Å². The Hall–Kier alpha value is -0.0800. The lowest BCUT2D eigenvalue weighted by molar-refractivity contribution is 0.242. The number of unbranched alkanes of at least 4 members (excludes halogenated alkanes) is 1. The fraction of sp³-hybridized carbons (Fsp3) is 1.00. The SMILES string of the molecule is CCCCC(C)NCCN(C)C1CCCC1. The summed E-state index contributed by atoms with van der Waals surface area (Å²) in [7, 11) is 2.29. The first-order valence-corrected chi connectivity index (χ1v) is 7.17. The standard InChI is InChI=1S/C14H30N2/c1-4-5-8-13(2)15-11-12-16(3)14-9-6-7-10-14/h13-15H,4-12H2,1-3H3. The molecule has 0 saturated heterocycles. The molecule has 0 aromatic heterocycles. The highest BCUT2D eigenvalue weighted by Crippen LogP contribution is 2.21. The van der Waals surface area contributed by atoms with Crippen molar-refractivity contribution in [3.05, 3.63) is 0 Å². The summed E-state index contributed by atoms with van der Waals surface area (Å²) in [6, 6.07) is 1.56. The van der Waals surface area contributed by atoms with E-state index in [4.69, 9.17) is 0 Å². The maximum atomic E-state index is 3.63. The minimum Gasteiger partial charge on any atom is -0.313 e. The van der Waals surface area contributed by atoms with E-state index in [0.717, 1.165) is 12.6 Å². The lowest BCUT2D eigenvalue weighted by atomic mass is 10.1. The summed E-state index contributed by atoms with van der Waals surface area (Å²) in [5, 5.41) is 3.63. The van der Waals surface area contributed by atoms with Crippen LogP contribution in [0.3, 0.4) is 0 Å². The van der Waals surface area contributed by atoms with Gasteiger partial charge in [0.05, 0.1) is 0 Å². The van der Waals surface area contributed by atoms with Crippen LogP contribution in [-0.4, -0.2) is 37.1 Å². The monoisotopic (exact) mass is 226 g/mol. The van der Waals surface area contributed by atoms with Crippen molar-refractivity contribution in [2.24, 2.45) is 0 Å². The molecule has 0 amide bonds. The predicted octanol–water partition coefficient (Wildman–Crippen LogP) is 3.03. The molecule has 1 aliphatic carbocycles. The van der Waals surface area contributed by atoms with Crippen molar-refractivity contribution in [3.8, 4) is 0 Å². The summed E-state index contributed by atoms with van der Waals surface area (Å²) in [5.74, 6) is 0. The summed E-state index contributed by atoms with van der Waals surface area (Å²) in [6.07, 6.45) is 9.71. The average molecular weight is 226 g/mol. The molecule has 0 spiro atoms. The normalized spacial score (nSPS) is 19.5. The lowest BCUT2D eigenvalue weighted by Crippen LogP contribution is -2.38. The molecule has 1 atom stereocenters. The zero-order valence-electron chi connectivity index (χ0n) is 11.5. The number of nitrogens with zero attached hydrogens (tertiary/aromatic N) is 1. The highest BCUT2D eigenvalue weighted by molar-refractivity contribution is 4.75. The maximum Gasteiger partial charge on any atom is 0.0107 e. The van der Waals surface area contributed by atoms with Crippen molar-refractivity contribution in [2.75, 3.05) is 20.1 Å². The van der Waals surface area contributed by atoms with Gasteiger partial charge in [-0.25, -0.2) is 0 Å². The second kappa shape index (κ2) is 8.08. The summed E-state index contributed by atoms with van der Waals surface area (Å²) < 4.78 is 0. The van der Waals surface area contributed by atoms with Crippen LogP contribution in [0.1, 0.15) is 58.8 Å². The Bertz CT molecular complexity index is 164. The van der Waals surface area contributed by atoms with Crippen molar-refractivity contribution in [2.45, 2.75) is 70.9 Å². The first-order valence-electron chi connectivity index (χ1n) is 7.17. The Balaban J connectivity index is 2.00. The van der Waals surface area contributed by atoms with E-state index < -0.39 is 0 Å². The molecule has 1 aliphatic rings. The molecule has 0 aromatic rings. The van der Waals surface area contributed by atoms with Crippen LogP contribution < -0.4 is 5.32 Å². The number of rotatable bonds is 8. The third-order valence-electron chi connectivity index (χ3n) is 3.90. The molecule has 0 aliphatic heterocycles. The number of hydrogen-bond donors (Lipinski definition) is 1. The van der Waals surface area contributed by atoms with E-state index in [9.17, 15) is 0 Å². The van der Waals surface area contributed by atoms with Crippen LogP contribution in [0.4, 0.5) is 0 Å². The molecule has 1 fully saturated rings. The van der Waals surface area contributed by atoms with Gasteiger partial charge in [0, 0.05) is 25.2 Å². The Morgan fingerprint density at radius 1 is 1.31 bits per heavy atom. The van der Waals surface area contributed by atoms with Crippen LogP contribution in [0.2, 0.25) is 0 Å². The van der Waals surface area contributed by atoms with Gasteiger partial charge in [-0.15, -0.1) is 0 Å². The van der Waals surface area contributed by atoms with Crippen LogP contribution in [-0.2, 0) is 0 Å². The fourth-order valence-electron chi connectivity index (χ4n) is 2.63. The van der Waals surface area contributed by atoms with Crippen molar-refractivity contribution >= 4 is 0 Å². The van der Waals surface area contributed by atoms with Gasteiger partial charge in [0.2, 0.25) is 0 Å². The van der Waals surface area contributed by atoms with Gasteiger partial charge in [0.1, 0.15) is 0 Å². The van der Waals surface area contributed by atoms with Gasteiger partial charge in [-0.3, -0.25) is 0 Å². The van der Waals surface area contributed by atoms with Crippen molar-refractivity contribution < 1.29 is 0 Å². The molecule has 1 rings (SSSR count). The van der Waals surface area contributed by atoms with E-state index in [1.165, 1.54) is 51.5 Å². The Morgan fingerprint density at radius 2 is 2.00 bits per heavy atom. The second-order valence-corrected chi connectivity index (χ2v) is 5.42. The van der Waals surface area contributed by atoms with Crippen molar-refractivity contribution in [1.29, 1.82) is 0 Å². The van der Waals surface area contributed by atoms with Crippen LogP contribution in [0, 0.1) is 0 Å². The predicted molar refractivity (Wildman–Crippen MR) is 71.9 cm³/mol. The van der Waals surface area contributed by atoms with E-state index in [2.05, 4.69) is 31.1 Å². The Kier molecular flexibility index (Phi) is 7.06. The highest BCUT2D eigenvalue weighted by atomic mass is 15.1. The maximum absolute atomic E-state index is 3.63. The second-order valence-electron chi connectivity index (χ2n) is 5.42. The lowest BCUT2D eigenvalue weighted by Gasteiger charge is -2.25. The minimum absolute atomic E-state index is 0.692. The third-order valence-corrected chi connectivity index (χ3v) is 3.90. The fourth-order valence-corrected chi connectivity index (χ4v) is 2.63. The van der Waals surface area contributed by atoms with Crippen molar-refractivity contribution in [1.82, 2.24) is 10.2 Å². The number of likely N-dealkylation sites (N-methyl/N-ethyl adjacent to an activating group) is 1. The number of nitrogens with one attached hydrogen (secondary N) is 1. The van der Waals surface area contributed by atoms with E-state index in [0.29, 0.717) is 6.04 Å². The first kappa shape index (κ1) is 14.0. The van der Waals surface area contributed by atoms with Gasteiger partial charge >= 0.3 is 0 Å². The van der Waals surface area contributed by atoms with Gasteiger partial charge in [-0.2, -0.15) is 0 Å². The smallest absolute Gasteiger partial charge is 0.0107 e. The molecule has 2 heteroatoms. The molecule has 1 N–H and O–H groups in total. The highest BCUT2D eigenvalue weighted by Gasteiger charge is 2.18. The van der Waals surface area contributed by atoms with E-state index in [1.807, 2.05) is 0 Å². The first-order chi connectivity index (χ1) is 7.74. The molecule has 0 bridgehead atoms. The average Bonchev–Trinajstić information content (AvgIpc) is 2.79. The van der Waals surface area contributed by atoms with E-state index >= 15 is 0 Å². The molecule has 0 aromatic carbocycles. The van der Waals surface area contributed by atoms with Crippen LogP contribution >= 0.6 is 0 Å². The third kappa shape index (κ3) is 5.31. The molecule has 2 nitrogen and oxygen atoms in total. The summed E-state index contributed by atoms with van der Waals surface area (Å²) >= 11 is 0. The summed E-state index contributed by atoms with van der Waals surface area (Å²) in [5.41, 5.74) is 0. The topological polar surface area (TPSA) is 15.3 Å². The Morgan fingerprint density at radius 3 is 2.62 bits per heavy atom. The molecule has 0 heterocycles. The molecule has 1 unspecified atom stereocenters. The Labute approximate surface area is 102 Å². The molecule has 96 valence electrons. The zero-order valence-corrected chi connectivity index (χ0v) is 11.5. The van der Waals surface area contributed by atoms with Crippen LogP contribution in [0.15, 0.2) is 0 Å². The van der Waals surface area contributed by atoms with Crippen molar-refractivity contribution in [3.63, 3.8) is 0 Å². The number of hydrogen-bond acceptors (Lipinski definition) is 2. The van der Waals surface area contributed by atoms with Crippen LogP contribution in [0.25, 0.3) is 0 Å². The van der Waals surface area contributed by atoms with Gasteiger partial charge in [0.25, 0.3) is 0 Å². The van der Waals surface area contributed by atoms with E-state index in [-0.39, 0.29) is 0 Å². The molecular formula is C14H30N2. The minimum atomic E-state index is 0.692. The molecular weight excluding hydrogens is 196 g/mol. The summed E-state index contributed by atoms with van der Waals surface area (Å²) in [4.78, 5) is 2.55. The molecule has 16 heavy (non-hydrogen) atoms. The van der Waals surface area contributed by atoms with Gasteiger partial charge in [-0.1, -0.05) is 32.6 Å².